The van der Waals surface area contributed by atoms with Gasteiger partial charge >= 0.3 is 6.18 Å². The van der Waals surface area contributed by atoms with Crippen LogP contribution >= 0.6 is 0 Å². The number of aliphatic hydroxyl groups is 3. The summed E-state index contributed by atoms with van der Waals surface area (Å²) in [5.74, 6) is -8.97. The molecule has 216 valence electrons. The molecule has 1 aromatic carbocycles. The van der Waals surface area contributed by atoms with Gasteiger partial charge in [-0.25, -0.2) is 0 Å². The fourth-order valence-electron chi connectivity index (χ4n) is 7.13. The van der Waals surface area contributed by atoms with Crippen molar-refractivity contribution in [2.24, 2.45) is 17.6 Å². The molecule has 10 nitrogen and oxygen atoms in total. The van der Waals surface area contributed by atoms with Crippen LogP contribution in [0, 0.1) is 11.8 Å². The van der Waals surface area contributed by atoms with E-state index in [-0.39, 0.29) is 18.0 Å². The summed E-state index contributed by atoms with van der Waals surface area (Å²) in [6.07, 6.45) is -4.61. The van der Waals surface area contributed by atoms with Crippen LogP contribution in [-0.4, -0.2) is 74.6 Å². The summed E-state index contributed by atoms with van der Waals surface area (Å²) in [7, 11) is 2.93. The number of rotatable bonds is 3. The van der Waals surface area contributed by atoms with Gasteiger partial charge in [0.05, 0.1) is 17.2 Å². The molecule has 4 aliphatic rings. The number of nitrogens with one attached hydrogen (secondary N) is 1. The molecular formula is C27H30F3N3O7. The minimum absolute atomic E-state index is 0.0498. The number of aliphatic hydroxyl groups excluding tert-OH is 2. The first-order chi connectivity index (χ1) is 18.5. The van der Waals surface area contributed by atoms with Gasteiger partial charge in [0.25, 0.3) is 5.91 Å². The van der Waals surface area contributed by atoms with Crippen molar-refractivity contribution in [2.45, 2.75) is 62.5 Å². The van der Waals surface area contributed by atoms with Gasteiger partial charge in [-0.2, -0.15) is 13.2 Å². The second kappa shape index (κ2) is 9.05. The van der Waals surface area contributed by atoms with Crippen molar-refractivity contribution in [1.82, 2.24) is 10.2 Å². The number of phenols is 1. The van der Waals surface area contributed by atoms with E-state index in [1.807, 2.05) is 6.92 Å². The highest BCUT2D eigenvalue weighted by Crippen LogP contribution is 2.54. The molecule has 13 heteroatoms. The number of allylic oxidation sites excluding steroid dienone is 1. The molecule has 1 amide bonds. The number of amides is 1. The van der Waals surface area contributed by atoms with Crippen molar-refractivity contribution in [1.29, 1.82) is 0 Å². The normalized spacial score (nSPS) is 32.4. The number of fused-ring (bicyclic) bond motifs is 3. The Morgan fingerprint density at radius 2 is 1.82 bits per heavy atom. The Hall–Kier alpha value is -3.42. The zero-order valence-electron chi connectivity index (χ0n) is 22.0. The minimum atomic E-state index is -4.88. The molecule has 3 aliphatic carbocycles. The number of nitrogens with two attached hydrogens (primary N) is 1. The standard InChI is InChI=1S/C27H30F3N3O7/c1-9-4-5-14(32-9)11-8-15(34)17-12(19(11)27(28,29)30)6-10-7-13-20(33(2)3)22(36)18(25(31)39)24(38)26(13,40)23(37)16(10)21(17)35/h8-10,13-14,20,32,34,36-37,40H,4-7H2,1-3H3,(H2,31,39)/t9?,10-,13-,14?,20-,26-/m0/s1. The number of ketones is 2. The maximum atomic E-state index is 14.6. The number of nitrogens with zero attached hydrogens (tertiary/aromatic N) is 1. The van der Waals surface area contributed by atoms with Gasteiger partial charge in [0.1, 0.15) is 22.8 Å². The van der Waals surface area contributed by atoms with Crippen molar-refractivity contribution < 1.29 is 48.0 Å². The van der Waals surface area contributed by atoms with Crippen LogP contribution in [-0.2, 0) is 22.2 Å². The van der Waals surface area contributed by atoms with Crippen molar-refractivity contribution in [3.63, 3.8) is 0 Å². The lowest BCUT2D eigenvalue weighted by Crippen LogP contribution is -2.63. The molecule has 1 saturated heterocycles. The van der Waals surface area contributed by atoms with E-state index < -0.39 is 105 Å². The highest BCUT2D eigenvalue weighted by atomic mass is 19.4. The number of likely N-dealkylation sites (N-methyl/N-ethyl adjacent to an activating group) is 1. The van der Waals surface area contributed by atoms with E-state index in [1.54, 1.807) is 0 Å². The third-order valence-corrected chi connectivity index (χ3v) is 8.79. The van der Waals surface area contributed by atoms with E-state index in [2.05, 4.69) is 5.32 Å². The first kappa shape index (κ1) is 28.1. The summed E-state index contributed by atoms with van der Waals surface area (Å²) in [4.78, 5) is 40.5. The molecule has 0 bridgehead atoms. The van der Waals surface area contributed by atoms with Gasteiger partial charge in [-0.3, -0.25) is 19.3 Å². The zero-order chi connectivity index (χ0) is 29.6. The van der Waals surface area contributed by atoms with Gasteiger partial charge in [-0.15, -0.1) is 0 Å². The van der Waals surface area contributed by atoms with Gasteiger partial charge in [0.15, 0.2) is 11.4 Å². The quantitative estimate of drug-likeness (QED) is 0.300. The zero-order valence-corrected chi connectivity index (χ0v) is 22.0. The third kappa shape index (κ3) is 3.78. The van der Waals surface area contributed by atoms with E-state index in [9.17, 15) is 48.0 Å². The van der Waals surface area contributed by atoms with Crippen LogP contribution < -0.4 is 11.1 Å². The monoisotopic (exact) mass is 565 g/mol. The largest absolute Gasteiger partial charge is 0.510 e. The number of alkyl halides is 3. The highest BCUT2D eigenvalue weighted by Gasteiger charge is 2.63. The number of Topliss-reactive ketones (excluding diaryl/α,β-unsaturated/α-hetero) is 2. The lowest BCUT2D eigenvalue weighted by molar-refractivity contribution is -0.148. The highest BCUT2D eigenvalue weighted by molar-refractivity contribution is 6.24. The third-order valence-electron chi connectivity index (χ3n) is 8.79. The number of phenolic OH excluding ortho intramolecular Hbond substituents is 1. The number of benzene rings is 1. The summed E-state index contributed by atoms with van der Waals surface area (Å²) in [6, 6.07) is -1.08. The van der Waals surface area contributed by atoms with E-state index in [0.29, 0.717) is 12.8 Å². The Labute approximate surface area is 227 Å². The van der Waals surface area contributed by atoms with Crippen LogP contribution in [0.15, 0.2) is 28.7 Å². The summed E-state index contributed by atoms with van der Waals surface area (Å²) in [6.45, 7) is 1.83. The smallest absolute Gasteiger partial charge is 0.417 e. The summed E-state index contributed by atoms with van der Waals surface area (Å²) < 4.78 is 43.8. The number of hydrogen-bond donors (Lipinski definition) is 6. The lowest BCUT2D eigenvalue weighted by Gasteiger charge is -2.50. The predicted octanol–water partition coefficient (Wildman–Crippen LogP) is 1.95. The minimum Gasteiger partial charge on any atom is -0.510 e. The topological polar surface area (TPSA) is 173 Å². The lowest BCUT2D eigenvalue weighted by atomic mass is 9.58. The Morgan fingerprint density at radius 3 is 2.35 bits per heavy atom. The Morgan fingerprint density at radius 1 is 1.18 bits per heavy atom. The molecule has 1 aliphatic heterocycles. The predicted molar refractivity (Wildman–Crippen MR) is 133 cm³/mol. The van der Waals surface area contributed by atoms with Gasteiger partial charge in [0, 0.05) is 23.6 Å². The molecule has 6 atom stereocenters. The summed E-state index contributed by atoms with van der Waals surface area (Å²) in [5, 5.41) is 47.6. The number of carbonyl (C=O) groups excluding carboxylic acids is 3. The molecule has 2 unspecified atom stereocenters. The van der Waals surface area contributed by atoms with Crippen LogP contribution in [0.4, 0.5) is 13.2 Å². The Kier molecular flexibility index (Phi) is 6.36. The molecule has 0 spiro atoms. The second-order valence-electron chi connectivity index (χ2n) is 11.4. The first-order valence-corrected chi connectivity index (χ1v) is 12.9. The number of carbonyl (C=O) groups is 3. The fraction of sp³-hybridized carbons (Fsp3) is 0.519. The van der Waals surface area contributed by atoms with E-state index in [0.717, 1.165) is 6.07 Å². The second-order valence-corrected chi connectivity index (χ2v) is 11.4. The van der Waals surface area contributed by atoms with Gasteiger partial charge in [-0.05, 0) is 69.8 Å². The number of primary amides is 1. The number of hydrogen-bond acceptors (Lipinski definition) is 9. The fourth-order valence-corrected chi connectivity index (χ4v) is 7.13. The van der Waals surface area contributed by atoms with Crippen molar-refractivity contribution in [2.75, 3.05) is 14.1 Å². The van der Waals surface area contributed by atoms with E-state index >= 15 is 0 Å². The van der Waals surface area contributed by atoms with Crippen LogP contribution in [0.1, 0.15) is 59.3 Å². The Balaban J connectivity index is 1.74. The average Bonchev–Trinajstić information content (AvgIpc) is 3.26. The van der Waals surface area contributed by atoms with Crippen molar-refractivity contribution >= 4 is 17.5 Å². The van der Waals surface area contributed by atoms with Gasteiger partial charge in [-0.1, -0.05) is 0 Å². The SMILES string of the molecule is CC1CCC(c2cc(O)c3c(c2C(F)(F)F)C[C@H]2C[C@H]4[C@H](N(C)C)C(O)=C(C(N)=O)C(=O)[C@@]4(O)C(O)=C2C3=O)N1. The van der Waals surface area contributed by atoms with Gasteiger partial charge < -0.3 is 31.5 Å². The van der Waals surface area contributed by atoms with Crippen molar-refractivity contribution in [3.05, 3.63) is 51.0 Å². The molecule has 0 radical (unpaired) electrons. The molecule has 0 saturated carbocycles. The molecule has 7 N–H and O–H groups in total. The Bertz CT molecular complexity index is 1420. The summed E-state index contributed by atoms with van der Waals surface area (Å²) >= 11 is 0. The van der Waals surface area contributed by atoms with E-state index in [1.165, 1.54) is 19.0 Å². The maximum absolute atomic E-state index is 14.6. The molecule has 1 fully saturated rings. The van der Waals surface area contributed by atoms with Crippen LogP contribution in [0.3, 0.4) is 0 Å². The molecular weight excluding hydrogens is 535 g/mol. The number of halogens is 3. The average molecular weight is 566 g/mol. The number of aromatic hydroxyl groups is 1. The van der Waals surface area contributed by atoms with Crippen LogP contribution in [0.5, 0.6) is 5.75 Å². The molecule has 40 heavy (non-hydrogen) atoms. The molecule has 1 heterocycles. The maximum Gasteiger partial charge on any atom is 0.417 e. The van der Waals surface area contributed by atoms with Gasteiger partial charge in [0.2, 0.25) is 5.78 Å². The van der Waals surface area contributed by atoms with Crippen LogP contribution in [0.2, 0.25) is 0 Å². The first-order valence-electron chi connectivity index (χ1n) is 12.9. The van der Waals surface area contributed by atoms with Crippen molar-refractivity contribution in [3.8, 4) is 5.75 Å². The summed E-state index contributed by atoms with van der Waals surface area (Å²) in [5.41, 5.74) is -1.36. The van der Waals surface area contributed by atoms with E-state index in [4.69, 9.17) is 5.73 Å². The molecule has 5 rings (SSSR count). The molecule has 0 aromatic heterocycles. The van der Waals surface area contributed by atoms with Crippen LogP contribution in [0.25, 0.3) is 0 Å². The molecule has 1 aromatic rings.